The predicted molar refractivity (Wildman–Crippen MR) is 124 cm³/mol. The molecule has 0 heterocycles. The van der Waals surface area contributed by atoms with E-state index in [0.29, 0.717) is 0 Å². The number of nitrogens with zero attached hydrogens (tertiary/aromatic N) is 2. The highest BCUT2D eigenvalue weighted by atomic mass is 35.5. The van der Waals surface area contributed by atoms with Crippen molar-refractivity contribution in [2.75, 3.05) is 10.8 Å². The Kier molecular flexibility index (Phi) is 7.33. The molecule has 0 unspecified atom stereocenters. The second-order valence-electron chi connectivity index (χ2n) is 6.60. The quantitative estimate of drug-likeness (QED) is 0.399. The molecule has 3 rings (SSSR count). The van der Waals surface area contributed by atoms with Gasteiger partial charge in [-0.15, -0.1) is 0 Å². The zero-order chi connectivity index (χ0) is 22.4. The van der Waals surface area contributed by atoms with E-state index >= 15 is 0 Å². The van der Waals surface area contributed by atoms with Crippen LogP contribution in [-0.2, 0) is 14.8 Å². The van der Waals surface area contributed by atoms with Crippen molar-refractivity contribution in [1.82, 2.24) is 5.43 Å². The summed E-state index contributed by atoms with van der Waals surface area (Å²) in [5.41, 5.74) is 4.33. The van der Waals surface area contributed by atoms with Crippen LogP contribution in [0.4, 0.5) is 5.69 Å². The van der Waals surface area contributed by atoms with E-state index < -0.39 is 22.5 Å². The smallest absolute Gasteiger partial charge is 0.264 e. The van der Waals surface area contributed by atoms with Gasteiger partial charge in [0.2, 0.25) is 0 Å². The van der Waals surface area contributed by atoms with E-state index in [0.717, 1.165) is 15.4 Å². The fraction of sp³-hybridized carbons (Fsp3) is 0.0909. The van der Waals surface area contributed by atoms with Crippen molar-refractivity contribution >= 4 is 51.0 Å². The third kappa shape index (κ3) is 5.64. The molecule has 0 aliphatic rings. The first kappa shape index (κ1) is 22.8. The van der Waals surface area contributed by atoms with Gasteiger partial charge in [-0.3, -0.25) is 9.10 Å². The highest BCUT2D eigenvalue weighted by molar-refractivity contribution is 7.92. The van der Waals surface area contributed by atoms with Crippen molar-refractivity contribution in [2.24, 2.45) is 5.10 Å². The lowest BCUT2D eigenvalue weighted by molar-refractivity contribution is -0.119. The third-order valence-electron chi connectivity index (χ3n) is 4.30. The summed E-state index contributed by atoms with van der Waals surface area (Å²) >= 11 is 12.3. The number of carbonyl (C=O) groups is 1. The molecule has 0 saturated carbocycles. The van der Waals surface area contributed by atoms with Crippen molar-refractivity contribution in [2.45, 2.75) is 11.8 Å². The van der Waals surface area contributed by atoms with Crippen molar-refractivity contribution in [3.8, 4) is 0 Å². The van der Waals surface area contributed by atoms with E-state index in [1.807, 2.05) is 31.2 Å². The van der Waals surface area contributed by atoms with Gasteiger partial charge in [-0.05, 0) is 36.8 Å². The molecular formula is C22H19Cl2N3O3S. The van der Waals surface area contributed by atoms with E-state index in [9.17, 15) is 13.2 Å². The molecule has 3 aromatic rings. The van der Waals surface area contributed by atoms with Gasteiger partial charge in [-0.2, -0.15) is 5.10 Å². The van der Waals surface area contributed by atoms with Crippen LogP contribution in [0.15, 0.2) is 82.8 Å². The van der Waals surface area contributed by atoms with Crippen molar-refractivity contribution in [3.05, 3.63) is 94.0 Å². The summed E-state index contributed by atoms with van der Waals surface area (Å²) in [5.74, 6) is -0.640. The molecule has 0 radical (unpaired) electrons. The topological polar surface area (TPSA) is 78.8 Å². The SMILES string of the molecule is Cc1ccc(/C=N/NC(=O)CN(c2cccc(Cl)c2Cl)S(=O)(=O)c2ccccc2)cc1. The Morgan fingerprint density at radius 1 is 1.00 bits per heavy atom. The lowest BCUT2D eigenvalue weighted by Crippen LogP contribution is -2.39. The molecule has 0 saturated heterocycles. The van der Waals surface area contributed by atoms with Crippen molar-refractivity contribution < 1.29 is 13.2 Å². The van der Waals surface area contributed by atoms with Gasteiger partial charge >= 0.3 is 0 Å². The van der Waals surface area contributed by atoms with Gasteiger partial charge in [-0.25, -0.2) is 13.8 Å². The van der Waals surface area contributed by atoms with Crippen LogP contribution in [0.5, 0.6) is 0 Å². The second kappa shape index (κ2) is 9.96. The molecular weight excluding hydrogens is 457 g/mol. The monoisotopic (exact) mass is 475 g/mol. The van der Waals surface area contributed by atoms with Gasteiger partial charge in [0.15, 0.2) is 0 Å². The first-order valence-electron chi connectivity index (χ1n) is 9.19. The third-order valence-corrected chi connectivity index (χ3v) is 6.88. The van der Waals surface area contributed by atoms with Crippen LogP contribution in [-0.4, -0.2) is 27.1 Å². The maximum atomic E-state index is 13.3. The van der Waals surface area contributed by atoms with Gasteiger partial charge in [0.1, 0.15) is 6.54 Å². The molecule has 0 fully saturated rings. The minimum absolute atomic E-state index is 0.0157. The van der Waals surface area contributed by atoms with Gasteiger partial charge in [0, 0.05) is 0 Å². The fourth-order valence-electron chi connectivity index (χ4n) is 2.70. The second-order valence-corrected chi connectivity index (χ2v) is 9.25. The minimum Gasteiger partial charge on any atom is -0.271 e. The first-order valence-corrected chi connectivity index (χ1v) is 11.4. The number of nitrogens with one attached hydrogen (secondary N) is 1. The molecule has 1 amide bonds. The predicted octanol–water partition coefficient (Wildman–Crippen LogP) is 4.65. The van der Waals surface area contributed by atoms with Crippen LogP contribution in [0.25, 0.3) is 0 Å². The molecule has 9 heteroatoms. The van der Waals surface area contributed by atoms with Crippen LogP contribution in [0, 0.1) is 6.92 Å². The highest BCUT2D eigenvalue weighted by Gasteiger charge is 2.29. The number of benzene rings is 3. The molecule has 1 N–H and O–H groups in total. The Balaban J connectivity index is 1.87. The number of rotatable bonds is 7. The van der Waals surface area contributed by atoms with Crippen molar-refractivity contribution in [3.63, 3.8) is 0 Å². The summed E-state index contributed by atoms with van der Waals surface area (Å²) in [6.45, 7) is 1.42. The normalized spacial score (nSPS) is 11.5. The average Bonchev–Trinajstić information content (AvgIpc) is 2.76. The zero-order valence-corrected chi connectivity index (χ0v) is 18.8. The molecule has 0 aliphatic carbocycles. The molecule has 3 aromatic carbocycles. The Hall–Kier alpha value is -2.87. The first-order chi connectivity index (χ1) is 14.8. The summed E-state index contributed by atoms with van der Waals surface area (Å²) < 4.78 is 27.4. The number of hydrogen-bond donors (Lipinski definition) is 1. The Morgan fingerprint density at radius 3 is 2.35 bits per heavy atom. The summed E-state index contributed by atoms with van der Waals surface area (Å²) in [6.07, 6.45) is 1.47. The molecule has 31 heavy (non-hydrogen) atoms. The fourth-order valence-corrected chi connectivity index (χ4v) is 4.60. The number of sulfonamides is 1. The lowest BCUT2D eigenvalue weighted by Gasteiger charge is -2.24. The standard InChI is InChI=1S/C22H19Cl2N3O3S/c1-16-10-12-17(13-11-16)14-25-26-21(28)15-27(20-9-5-8-19(23)22(20)24)31(29,30)18-6-3-2-4-7-18/h2-14H,15H2,1H3,(H,26,28)/b25-14+. The Bertz CT molecular complexity index is 1200. The number of anilines is 1. The Labute approximate surface area is 191 Å². The molecule has 6 nitrogen and oxygen atoms in total. The van der Waals surface area contributed by atoms with E-state index in [1.165, 1.54) is 30.5 Å². The van der Waals surface area contributed by atoms with E-state index in [1.54, 1.807) is 24.3 Å². The number of halogens is 2. The van der Waals surface area contributed by atoms with Gasteiger partial charge in [0.25, 0.3) is 15.9 Å². The largest absolute Gasteiger partial charge is 0.271 e. The maximum Gasteiger partial charge on any atom is 0.264 e. The number of aryl methyl sites for hydroxylation is 1. The summed E-state index contributed by atoms with van der Waals surface area (Å²) in [7, 11) is -4.09. The number of carbonyl (C=O) groups excluding carboxylic acids is 1. The van der Waals surface area contributed by atoms with E-state index in [2.05, 4.69) is 10.5 Å². The van der Waals surface area contributed by atoms with Crippen LogP contribution in [0.2, 0.25) is 10.0 Å². The van der Waals surface area contributed by atoms with Gasteiger partial charge < -0.3 is 0 Å². The van der Waals surface area contributed by atoms with E-state index in [4.69, 9.17) is 23.2 Å². The van der Waals surface area contributed by atoms with Crippen LogP contribution < -0.4 is 9.73 Å². The highest BCUT2D eigenvalue weighted by Crippen LogP contribution is 2.35. The number of hydrogen-bond acceptors (Lipinski definition) is 4. The molecule has 0 aromatic heterocycles. The summed E-state index contributed by atoms with van der Waals surface area (Å²) in [4.78, 5) is 12.6. The molecule has 160 valence electrons. The van der Waals surface area contributed by atoms with Crippen LogP contribution in [0.1, 0.15) is 11.1 Å². The van der Waals surface area contributed by atoms with Gasteiger partial charge in [-0.1, -0.05) is 77.3 Å². The lowest BCUT2D eigenvalue weighted by atomic mass is 10.2. The molecule has 0 spiro atoms. The number of hydrazone groups is 1. The van der Waals surface area contributed by atoms with Gasteiger partial charge in [0.05, 0.1) is 26.8 Å². The average molecular weight is 476 g/mol. The molecule has 0 bridgehead atoms. The number of amides is 1. The van der Waals surface area contributed by atoms with Crippen LogP contribution in [0.3, 0.4) is 0 Å². The summed E-state index contributed by atoms with van der Waals surface area (Å²) in [5, 5.41) is 4.11. The summed E-state index contributed by atoms with van der Waals surface area (Å²) in [6, 6.07) is 19.9. The zero-order valence-electron chi connectivity index (χ0n) is 16.5. The van der Waals surface area contributed by atoms with Crippen molar-refractivity contribution in [1.29, 1.82) is 0 Å². The molecule has 0 aliphatic heterocycles. The molecule has 0 atom stereocenters. The Morgan fingerprint density at radius 2 is 1.68 bits per heavy atom. The minimum atomic E-state index is -4.09. The maximum absolute atomic E-state index is 13.3. The van der Waals surface area contributed by atoms with Crippen LogP contribution >= 0.6 is 23.2 Å². The van der Waals surface area contributed by atoms with E-state index in [-0.39, 0.29) is 20.6 Å².